The van der Waals surface area contributed by atoms with Crippen LogP contribution < -0.4 is 5.32 Å². The van der Waals surface area contributed by atoms with E-state index in [2.05, 4.69) is 36.7 Å². The van der Waals surface area contributed by atoms with Crippen LogP contribution in [-0.2, 0) is 0 Å². The van der Waals surface area contributed by atoms with E-state index in [4.69, 9.17) is 0 Å². The molecule has 2 aromatic rings. The van der Waals surface area contributed by atoms with Crippen LogP contribution in [0.2, 0.25) is 0 Å². The van der Waals surface area contributed by atoms with E-state index in [9.17, 15) is 10.1 Å². The summed E-state index contributed by atoms with van der Waals surface area (Å²) < 4.78 is 0. The van der Waals surface area contributed by atoms with E-state index in [-0.39, 0.29) is 16.7 Å². The number of nitro groups is 1. The first-order chi connectivity index (χ1) is 9.61. The number of nitro benzene ring substituents is 1. The lowest BCUT2D eigenvalue weighted by atomic mass is 10.1. The first-order valence-corrected chi connectivity index (χ1v) is 7.53. The molecule has 0 bridgehead atoms. The maximum atomic E-state index is 10.7. The second kappa shape index (κ2) is 6.63. The van der Waals surface area contributed by atoms with E-state index >= 15 is 0 Å². The smallest absolute Gasteiger partial charge is 0.269 e. The fourth-order valence-corrected chi connectivity index (χ4v) is 3.04. The quantitative estimate of drug-likeness (QED) is 0.631. The highest BCUT2D eigenvalue weighted by molar-refractivity contribution is 7.10. The number of benzene rings is 1. The zero-order valence-corrected chi connectivity index (χ0v) is 12.4. The van der Waals surface area contributed by atoms with Crippen molar-refractivity contribution in [2.24, 2.45) is 0 Å². The number of thiophene rings is 1. The zero-order valence-electron chi connectivity index (χ0n) is 11.6. The van der Waals surface area contributed by atoms with Crippen molar-refractivity contribution >= 4 is 17.0 Å². The zero-order chi connectivity index (χ0) is 14.5. The van der Waals surface area contributed by atoms with Crippen molar-refractivity contribution in [1.82, 2.24) is 5.32 Å². The fraction of sp³-hybridized carbons (Fsp3) is 0.333. The van der Waals surface area contributed by atoms with Gasteiger partial charge in [-0.15, -0.1) is 11.3 Å². The van der Waals surface area contributed by atoms with Gasteiger partial charge < -0.3 is 5.32 Å². The van der Waals surface area contributed by atoms with Crippen molar-refractivity contribution in [2.45, 2.75) is 32.4 Å². The minimum Gasteiger partial charge on any atom is -0.303 e. The molecule has 2 rings (SSSR count). The molecule has 0 radical (unpaired) electrons. The third-order valence-corrected chi connectivity index (χ3v) is 4.34. The molecule has 0 spiro atoms. The van der Waals surface area contributed by atoms with Gasteiger partial charge in [-0.2, -0.15) is 0 Å². The van der Waals surface area contributed by atoms with Gasteiger partial charge in [-0.1, -0.05) is 25.1 Å². The largest absolute Gasteiger partial charge is 0.303 e. The minimum atomic E-state index is -0.373. The Balaban J connectivity index is 2.07. The van der Waals surface area contributed by atoms with Gasteiger partial charge in [-0.25, -0.2) is 0 Å². The van der Waals surface area contributed by atoms with E-state index in [1.165, 1.54) is 4.88 Å². The van der Waals surface area contributed by atoms with E-state index < -0.39 is 0 Å². The molecular weight excluding hydrogens is 272 g/mol. The van der Waals surface area contributed by atoms with Gasteiger partial charge in [0, 0.05) is 29.1 Å². The Bertz CT molecular complexity index is 552. The summed E-state index contributed by atoms with van der Waals surface area (Å²) in [6.45, 7) is 4.23. The predicted octanol–water partition coefficient (Wildman–Crippen LogP) is 4.46. The topological polar surface area (TPSA) is 55.2 Å². The highest BCUT2D eigenvalue weighted by Crippen LogP contribution is 2.26. The van der Waals surface area contributed by atoms with Crippen LogP contribution >= 0.6 is 11.3 Å². The first-order valence-electron chi connectivity index (χ1n) is 6.65. The van der Waals surface area contributed by atoms with Gasteiger partial charge in [0.15, 0.2) is 0 Å². The van der Waals surface area contributed by atoms with Gasteiger partial charge in [0.05, 0.1) is 4.92 Å². The number of hydrogen-bond donors (Lipinski definition) is 1. The SMILES string of the molecule is CCC(NC(C)c1ccc([N+](=O)[O-])cc1)c1cccs1. The molecule has 1 aromatic carbocycles. The summed E-state index contributed by atoms with van der Waals surface area (Å²) >= 11 is 1.75. The van der Waals surface area contributed by atoms with E-state index in [0.29, 0.717) is 6.04 Å². The average molecular weight is 290 g/mol. The Hall–Kier alpha value is -1.72. The van der Waals surface area contributed by atoms with Crippen LogP contribution in [0.3, 0.4) is 0 Å². The number of nitrogens with one attached hydrogen (secondary N) is 1. The van der Waals surface area contributed by atoms with Crippen molar-refractivity contribution in [2.75, 3.05) is 0 Å². The highest BCUT2D eigenvalue weighted by Gasteiger charge is 2.15. The summed E-state index contributed by atoms with van der Waals surface area (Å²) in [6.07, 6.45) is 1.01. The molecule has 0 saturated carbocycles. The standard InChI is InChI=1S/C15H18N2O2S/c1-3-14(15-5-4-10-20-15)16-11(2)12-6-8-13(9-7-12)17(18)19/h4-11,14,16H,3H2,1-2H3. The number of hydrogen-bond acceptors (Lipinski definition) is 4. The highest BCUT2D eigenvalue weighted by atomic mass is 32.1. The summed E-state index contributed by atoms with van der Waals surface area (Å²) in [5.74, 6) is 0. The molecule has 106 valence electrons. The van der Waals surface area contributed by atoms with Crippen molar-refractivity contribution in [3.8, 4) is 0 Å². The molecule has 0 aliphatic heterocycles. The van der Waals surface area contributed by atoms with Crippen LogP contribution in [0, 0.1) is 10.1 Å². The summed E-state index contributed by atoms with van der Waals surface area (Å²) in [5.41, 5.74) is 1.19. The van der Waals surface area contributed by atoms with Crippen LogP contribution in [0.25, 0.3) is 0 Å². The molecule has 2 atom stereocenters. The molecule has 1 heterocycles. The van der Waals surface area contributed by atoms with Crippen molar-refractivity contribution in [3.63, 3.8) is 0 Å². The Morgan fingerprint density at radius 3 is 2.50 bits per heavy atom. The number of non-ortho nitro benzene ring substituents is 1. The molecule has 1 aromatic heterocycles. The van der Waals surface area contributed by atoms with Gasteiger partial charge in [-0.05, 0) is 30.4 Å². The second-order valence-electron chi connectivity index (χ2n) is 4.71. The Kier molecular flexibility index (Phi) is 4.87. The molecule has 0 aliphatic carbocycles. The average Bonchev–Trinajstić information content (AvgIpc) is 2.98. The first kappa shape index (κ1) is 14.7. The fourth-order valence-electron chi connectivity index (χ4n) is 2.17. The van der Waals surface area contributed by atoms with E-state index in [1.807, 2.05) is 12.1 Å². The van der Waals surface area contributed by atoms with Crippen LogP contribution in [-0.4, -0.2) is 4.92 Å². The maximum Gasteiger partial charge on any atom is 0.269 e. The second-order valence-corrected chi connectivity index (χ2v) is 5.69. The van der Waals surface area contributed by atoms with Crippen LogP contribution in [0.4, 0.5) is 5.69 Å². The third-order valence-electron chi connectivity index (χ3n) is 3.35. The third kappa shape index (κ3) is 3.43. The molecule has 5 heteroatoms. The van der Waals surface area contributed by atoms with E-state index in [1.54, 1.807) is 23.5 Å². The molecular formula is C15H18N2O2S. The van der Waals surface area contributed by atoms with Crippen LogP contribution in [0.5, 0.6) is 0 Å². The van der Waals surface area contributed by atoms with Gasteiger partial charge in [-0.3, -0.25) is 10.1 Å². The molecule has 4 nitrogen and oxygen atoms in total. The van der Waals surface area contributed by atoms with Gasteiger partial charge in [0.2, 0.25) is 0 Å². The van der Waals surface area contributed by atoms with Gasteiger partial charge in [0.25, 0.3) is 5.69 Å². The molecule has 0 aliphatic rings. The van der Waals surface area contributed by atoms with Crippen LogP contribution in [0.1, 0.15) is 42.8 Å². The Morgan fingerprint density at radius 1 is 1.30 bits per heavy atom. The molecule has 0 fully saturated rings. The van der Waals surface area contributed by atoms with Crippen molar-refractivity contribution < 1.29 is 4.92 Å². The molecule has 2 unspecified atom stereocenters. The van der Waals surface area contributed by atoms with Gasteiger partial charge in [0.1, 0.15) is 0 Å². The molecule has 1 N–H and O–H groups in total. The predicted molar refractivity (Wildman–Crippen MR) is 82.0 cm³/mol. The summed E-state index contributed by atoms with van der Waals surface area (Å²) in [7, 11) is 0. The molecule has 0 amide bonds. The molecule has 0 saturated heterocycles. The summed E-state index contributed by atoms with van der Waals surface area (Å²) in [5, 5.41) is 16.3. The van der Waals surface area contributed by atoms with Gasteiger partial charge >= 0.3 is 0 Å². The Morgan fingerprint density at radius 2 is 2.00 bits per heavy atom. The van der Waals surface area contributed by atoms with Crippen molar-refractivity contribution in [1.29, 1.82) is 0 Å². The summed E-state index contributed by atoms with van der Waals surface area (Å²) in [4.78, 5) is 11.6. The van der Waals surface area contributed by atoms with E-state index in [0.717, 1.165) is 12.0 Å². The Labute approximate surface area is 122 Å². The van der Waals surface area contributed by atoms with Crippen LogP contribution in [0.15, 0.2) is 41.8 Å². The van der Waals surface area contributed by atoms with Crippen molar-refractivity contribution in [3.05, 3.63) is 62.3 Å². The normalized spacial score (nSPS) is 13.9. The molecule has 20 heavy (non-hydrogen) atoms. The lowest BCUT2D eigenvalue weighted by Crippen LogP contribution is -2.23. The lowest BCUT2D eigenvalue weighted by molar-refractivity contribution is -0.384. The maximum absolute atomic E-state index is 10.7. The lowest BCUT2D eigenvalue weighted by Gasteiger charge is -2.21. The number of rotatable bonds is 6. The minimum absolute atomic E-state index is 0.131. The number of nitrogens with zero attached hydrogens (tertiary/aromatic N) is 1. The monoisotopic (exact) mass is 290 g/mol. The summed E-state index contributed by atoms with van der Waals surface area (Å²) in [6, 6.07) is 11.4.